The summed E-state index contributed by atoms with van der Waals surface area (Å²) in [5.74, 6) is -0.460. The fraction of sp³-hybridized carbons (Fsp3) is 0.333. The van der Waals surface area contributed by atoms with Gasteiger partial charge in [-0.05, 0) is 76.3 Å². The van der Waals surface area contributed by atoms with Crippen molar-refractivity contribution in [2.45, 2.75) is 20.3 Å². The molecule has 4 nitrogen and oxygen atoms in total. The molecule has 0 aliphatic heterocycles. The number of hydrogen-bond acceptors (Lipinski definition) is 4. The van der Waals surface area contributed by atoms with E-state index in [-0.39, 0.29) is 11.7 Å². The fourth-order valence-electron chi connectivity index (χ4n) is 2.88. The third kappa shape index (κ3) is 4.34. The van der Waals surface area contributed by atoms with Gasteiger partial charge in [-0.15, -0.1) is 0 Å². The van der Waals surface area contributed by atoms with E-state index in [2.05, 4.69) is 9.88 Å². The van der Waals surface area contributed by atoms with Gasteiger partial charge in [0.2, 0.25) is 0 Å². The Kier molecular flexibility index (Phi) is 5.87. The van der Waals surface area contributed by atoms with E-state index in [1.165, 1.54) is 17.4 Å². The molecule has 27 heavy (non-hydrogen) atoms. The quantitative estimate of drug-likeness (QED) is 0.620. The monoisotopic (exact) mass is 385 g/mol. The number of benzene rings is 2. The molecule has 0 saturated carbocycles. The number of aromatic nitrogens is 1. The van der Waals surface area contributed by atoms with Gasteiger partial charge in [0.15, 0.2) is 5.13 Å². The lowest BCUT2D eigenvalue weighted by atomic mass is 10.1. The number of para-hydroxylation sites is 1. The number of thiazole rings is 1. The van der Waals surface area contributed by atoms with Gasteiger partial charge in [0.1, 0.15) is 11.3 Å². The smallest absolute Gasteiger partial charge is 0.260 e. The number of halogens is 1. The lowest BCUT2D eigenvalue weighted by Gasteiger charge is -2.21. The van der Waals surface area contributed by atoms with Crippen LogP contribution in [0.1, 0.15) is 27.9 Å². The van der Waals surface area contributed by atoms with Crippen LogP contribution in [0, 0.1) is 19.7 Å². The fourth-order valence-corrected chi connectivity index (χ4v) is 3.88. The Bertz CT molecular complexity index is 967. The number of hydrogen-bond donors (Lipinski definition) is 0. The van der Waals surface area contributed by atoms with Crippen LogP contribution in [0.15, 0.2) is 36.4 Å². The molecular weight excluding hydrogens is 361 g/mol. The first-order chi connectivity index (χ1) is 12.9. The first kappa shape index (κ1) is 19.5. The number of carbonyl (C=O) groups excluding carboxylic acids is 1. The summed E-state index contributed by atoms with van der Waals surface area (Å²) in [4.78, 5) is 21.4. The van der Waals surface area contributed by atoms with E-state index in [0.29, 0.717) is 22.8 Å². The van der Waals surface area contributed by atoms with E-state index >= 15 is 0 Å². The molecule has 0 aliphatic carbocycles. The second-order valence-electron chi connectivity index (χ2n) is 7.00. The van der Waals surface area contributed by atoms with Crippen molar-refractivity contribution < 1.29 is 9.18 Å². The number of fused-ring (bicyclic) bond motifs is 1. The molecule has 142 valence electrons. The predicted molar refractivity (Wildman–Crippen MR) is 110 cm³/mol. The van der Waals surface area contributed by atoms with Crippen LogP contribution >= 0.6 is 11.3 Å². The second-order valence-corrected chi connectivity index (χ2v) is 8.00. The molecule has 0 unspecified atom stereocenters. The molecule has 0 bridgehead atoms. The van der Waals surface area contributed by atoms with Crippen molar-refractivity contribution in [2.24, 2.45) is 0 Å². The highest BCUT2D eigenvalue weighted by atomic mass is 32.1. The Morgan fingerprint density at radius 1 is 1.11 bits per heavy atom. The Morgan fingerprint density at radius 2 is 1.89 bits per heavy atom. The Hall–Kier alpha value is -2.31. The Morgan fingerprint density at radius 3 is 2.56 bits per heavy atom. The van der Waals surface area contributed by atoms with Crippen LogP contribution in [-0.2, 0) is 0 Å². The van der Waals surface area contributed by atoms with Crippen LogP contribution in [0.3, 0.4) is 0 Å². The number of nitrogens with zero attached hydrogens (tertiary/aromatic N) is 3. The largest absolute Gasteiger partial charge is 0.309 e. The van der Waals surface area contributed by atoms with E-state index in [1.807, 2.05) is 52.2 Å². The number of amides is 1. The number of rotatable bonds is 6. The van der Waals surface area contributed by atoms with Crippen molar-refractivity contribution in [3.05, 3.63) is 58.9 Å². The van der Waals surface area contributed by atoms with Crippen molar-refractivity contribution in [3.8, 4) is 0 Å². The van der Waals surface area contributed by atoms with Gasteiger partial charge in [-0.25, -0.2) is 9.37 Å². The third-order valence-corrected chi connectivity index (χ3v) is 5.62. The molecule has 0 aliphatic rings. The predicted octanol–water partition coefficient (Wildman–Crippen LogP) is 4.65. The summed E-state index contributed by atoms with van der Waals surface area (Å²) in [5.41, 5.74) is 3.17. The van der Waals surface area contributed by atoms with E-state index in [9.17, 15) is 9.18 Å². The minimum atomic E-state index is -0.359. The molecule has 3 rings (SSSR count). The van der Waals surface area contributed by atoms with Crippen LogP contribution < -0.4 is 4.90 Å². The second kappa shape index (κ2) is 8.15. The highest BCUT2D eigenvalue weighted by molar-refractivity contribution is 7.22. The molecule has 0 spiro atoms. The van der Waals surface area contributed by atoms with Crippen LogP contribution in [0.5, 0.6) is 0 Å². The molecule has 0 atom stereocenters. The van der Waals surface area contributed by atoms with Gasteiger partial charge in [0.25, 0.3) is 5.91 Å². The first-order valence-corrected chi connectivity index (χ1v) is 9.77. The molecule has 0 radical (unpaired) electrons. The van der Waals surface area contributed by atoms with Gasteiger partial charge in [0.05, 0.1) is 4.70 Å². The lowest BCUT2D eigenvalue weighted by Crippen LogP contribution is -2.33. The maximum atomic E-state index is 14.1. The zero-order valence-electron chi connectivity index (χ0n) is 16.1. The molecule has 3 aromatic rings. The molecule has 1 amide bonds. The van der Waals surface area contributed by atoms with Gasteiger partial charge in [0, 0.05) is 12.1 Å². The van der Waals surface area contributed by atoms with Crippen molar-refractivity contribution in [1.29, 1.82) is 0 Å². The molecule has 1 heterocycles. The molecular formula is C21H24FN3OS. The molecule has 0 fully saturated rings. The Labute approximate surface area is 163 Å². The van der Waals surface area contributed by atoms with E-state index in [1.54, 1.807) is 11.0 Å². The van der Waals surface area contributed by atoms with Gasteiger partial charge >= 0.3 is 0 Å². The zero-order chi connectivity index (χ0) is 19.6. The summed E-state index contributed by atoms with van der Waals surface area (Å²) in [5, 5.41) is 0.539. The standard InChI is InChI=1S/C21H24FN3OS/c1-14-9-10-16(13-15(14)2)20(26)25(12-6-11-24(3)4)21-23-19-17(22)7-5-8-18(19)27-21/h5,7-10,13H,6,11-12H2,1-4H3. The zero-order valence-corrected chi connectivity index (χ0v) is 16.9. The maximum absolute atomic E-state index is 14.1. The summed E-state index contributed by atoms with van der Waals surface area (Å²) in [6.07, 6.45) is 0.808. The summed E-state index contributed by atoms with van der Waals surface area (Å²) < 4.78 is 14.8. The van der Waals surface area contributed by atoms with Gasteiger partial charge in [-0.1, -0.05) is 23.5 Å². The first-order valence-electron chi connectivity index (χ1n) is 8.95. The third-order valence-electron chi connectivity index (χ3n) is 4.58. The highest BCUT2D eigenvalue weighted by Gasteiger charge is 2.22. The molecule has 2 aromatic carbocycles. The van der Waals surface area contributed by atoms with Crippen LogP contribution in [-0.4, -0.2) is 43.0 Å². The van der Waals surface area contributed by atoms with Gasteiger partial charge in [-0.2, -0.15) is 0 Å². The van der Waals surface area contributed by atoms with E-state index in [4.69, 9.17) is 0 Å². The minimum absolute atomic E-state index is 0.101. The summed E-state index contributed by atoms with van der Waals surface area (Å²) >= 11 is 1.35. The van der Waals surface area contributed by atoms with Crippen molar-refractivity contribution in [1.82, 2.24) is 9.88 Å². The SMILES string of the molecule is Cc1ccc(C(=O)N(CCCN(C)C)c2nc3c(F)cccc3s2)cc1C. The maximum Gasteiger partial charge on any atom is 0.260 e. The van der Waals surface area contributed by atoms with Crippen LogP contribution in [0.4, 0.5) is 9.52 Å². The summed E-state index contributed by atoms with van der Waals surface area (Å²) in [6.45, 7) is 5.41. The highest BCUT2D eigenvalue weighted by Crippen LogP contribution is 2.31. The lowest BCUT2D eigenvalue weighted by molar-refractivity contribution is 0.0986. The van der Waals surface area contributed by atoms with E-state index < -0.39 is 0 Å². The number of carbonyl (C=O) groups is 1. The number of aryl methyl sites for hydroxylation is 2. The normalized spacial score (nSPS) is 11.3. The summed E-state index contributed by atoms with van der Waals surface area (Å²) in [6, 6.07) is 10.6. The van der Waals surface area contributed by atoms with Crippen molar-refractivity contribution >= 4 is 32.6 Å². The average Bonchev–Trinajstić information content (AvgIpc) is 3.05. The van der Waals surface area contributed by atoms with Gasteiger partial charge < -0.3 is 4.90 Å². The van der Waals surface area contributed by atoms with Crippen molar-refractivity contribution in [2.75, 3.05) is 32.1 Å². The minimum Gasteiger partial charge on any atom is -0.309 e. The van der Waals surface area contributed by atoms with E-state index in [0.717, 1.165) is 28.8 Å². The van der Waals surface area contributed by atoms with Crippen LogP contribution in [0.25, 0.3) is 10.2 Å². The molecule has 0 N–H and O–H groups in total. The van der Waals surface area contributed by atoms with Crippen molar-refractivity contribution in [3.63, 3.8) is 0 Å². The molecule has 0 saturated heterocycles. The Balaban J connectivity index is 1.97. The average molecular weight is 386 g/mol. The number of anilines is 1. The topological polar surface area (TPSA) is 36.4 Å². The summed E-state index contributed by atoms with van der Waals surface area (Å²) in [7, 11) is 4.01. The van der Waals surface area contributed by atoms with Gasteiger partial charge in [-0.3, -0.25) is 9.69 Å². The molecule has 1 aromatic heterocycles. The molecule has 6 heteroatoms. The van der Waals surface area contributed by atoms with Crippen LogP contribution in [0.2, 0.25) is 0 Å².